The molecule has 0 spiro atoms. The number of ether oxygens (including phenoxy) is 1. The SMILES string of the molecule is [B]C(=O)N[C@@H](Cc1ccccc1)[C@H]1CO1. The molecule has 2 atom stereocenters. The Kier molecular flexibility index (Phi) is 3.06. The molecule has 3 nitrogen and oxygen atoms in total. The molecule has 4 heteroatoms. The first-order chi connectivity index (χ1) is 7.25. The zero-order valence-corrected chi connectivity index (χ0v) is 8.35. The fourth-order valence-corrected chi connectivity index (χ4v) is 1.61. The molecule has 1 aromatic carbocycles. The maximum absolute atomic E-state index is 10.8. The number of carbonyl (C=O) groups is 1. The van der Waals surface area contributed by atoms with Crippen LogP contribution < -0.4 is 5.32 Å². The van der Waals surface area contributed by atoms with Gasteiger partial charge in [0, 0.05) is 0 Å². The van der Waals surface area contributed by atoms with E-state index in [0.29, 0.717) is 6.61 Å². The second-order valence-electron chi connectivity index (χ2n) is 3.68. The standard InChI is InChI=1S/C11H12BNO2/c12-11(14)13-9(10-7-15-10)6-8-4-2-1-3-5-8/h1-5,9-10H,6-7H2,(H,13,14)/t9-,10+/m0/s1. The van der Waals surface area contributed by atoms with Gasteiger partial charge in [0.2, 0.25) is 7.85 Å². The van der Waals surface area contributed by atoms with E-state index >= 15 is 0 Å². The number of hydrogen-bond acceptors (Lipinski definition) is 2. The molecule has 2 rings (SSSR count). The van der Waals surface area contributed by atoms with Crippen LogP contribution in [0, 0.1) is 0 Å². The third-order valence-corrected chi connectivity index (χ3v) is 2.43. The Bertz CT molecular complexity index is 338. The second kappa shape index (κ2) is 4.49. The Morgan fingerprint density at radius 2 is 2.20 bits per heavy atom. The van der Waals surface area contributed by atoms with E-state index in [2.05, 4.69) is 5.32 Å². The highest BCUT2D eigenvalue weighted by Crippen LogP contribution is 2.17. The number of rotatable bonds is 4. The smallest absolute Gasteiger partial charge is 0.200 e. The number of carbonyl (C=O) groups excluding carboxylic acids is 1. The number of amides is 1. The van der Waals surface area contributed by atoms with Gasteiger partial charge in [-0.25, -0.2) is 0 Å². The van der Waals surface area contributed by atoms with Crippen LogP contribution in [-0.4, -0.2) is 32.4 Å². The summed E-state index contributed by atoms with van der Waals surface area (Å²) >= 11 is 0. The Balaban J connectivity index is 1.97. The van der Waals surface area contributed by atoms with Gasteiger partial charge >= 0.3 is 0 Å². The van der Waals surface area contributed by atoms with Gasteiger partial charge in [-0.3, -0.25) is 4.79 Å². The summed E-state index contributed by atoms with van der Waals surface area (Å²) in [6.07, 6.45) is 0.881. The van der Waals surface area contributed by atoms with Crippen molar-refractivity contribution in [2.75, 3.05) is 6.61 Å². The van der Waals surface area contributed by atoms with Gasteiger partial charge < -0.3 is 10.1 Å². The van der Waals surface area contributed by atoms with E-state index in [1.807, 2.05) is 30.3 Å². The number of epoxide rings is 1. The van der Waals surface area contributed by atoms with E-state index in [9.17, 15) is 4.79 Å². The molecule has 0 saturated carbocycles. The van der Waals surface area contributed by atoms with Crippen LogP contribution in [0.3, 0.4) is 0 Å². The van der Waals surface area contributed by atoms with Crippen LogP contribution in [0.2, 0.25) is 0 Å². The lowest BCUT2D eigenvalue weighted by Crippen LogP contribution is -2.39. The Hall–Kier alpha value is -1.29. The molecule has 1 N–H and O–H groups in total. The van der Waals surface area contributed by atoms with Crippen molar-refractivity contribution in [1.29, 1.82) is 0 Å². The molecule has 0 unspecified atom stereocenters. The molecule has 0 aromatic heterocycles. The summed E-state index contributed by atoms with van der Waals surface area (Å²) in [6.45, 7) is 0.706. The van der Waals surface area contributed by atoms with Crippen LogP contribution in [0.5, 0.6) is 0 Å². The molecule has 15 heavy (non-hydrogen) atoms. The van der Waals surface area contributed by atoms with Crippen LogP contribution in [-0.2, 0) is 11.2 Å². The van der Waals surface area contributed by atoms with Gasteiger partial charge in [-0.15, -0.1) is 0 Å². The van der Waals surface area contributed by atoms with Crippen molar-refractivity contribution < 1.29 is 9.53 Å². The number of benzene rings is 1. The van der Waals surface area contributed by atoms with Crippen molar-refractivity contribution in [3.8, 4) is 0 Å². The third kappa shape index (κ3) is 3.10. The van der Waals surface area contributed by atoms with E-state index in [-0.39, 0.29) is 12.1 Å². The monoisotopic (exact) mass is 201 g/mol. The van der Waals surface area contributed by atoms with E-state index in [4.69, 9.17) is 12.6 Å². The molecular formula is C11H12BNO2. The fraction of sp³-hybridized carbons (Fsp3) is 0.364. The molecule has 1 aliphatic heterocycles. The molecule has 0 aliphatic carbocycles. The van der Waals surface area contributed by atoms with Crippen molar-refractivity contribution in [2.24, 2.45) is 0 Å². The largest absolute Gasteiger partial charge is 0.371 e. The zero-order chi connectivity index (χ0) is 10.7. The molecule has 76 valence electrons. The van der Waals surface area contributed by atoms with Crippen LogP contribution in [0.15, 0.2) is 30.3 Å². The van der Waals surface area contributed by atoms with Gasteiger partial charge in [-0.2, -0.15) is 0 Å². The molecular weight excluding hydrogens is 189 g/mol. The minimum Gasteiger partial charge on any atom is -0.371 e. The maximum Gasteiger partial charge on any atom is 0.200 e. The highest BCUT2D eigenvalue weighted by atomic mass is 16.6. The van der Waals surface area contributed by atoms with E-state index in [0.717, 1.165) is 6.42 Å². The van der Waals surface area contributed by atoms with Crippen LogP contribution >= 0.6 is 0 Å². The van der Waals surface area contributed by atoms with Crippen molar-refractivity contribution in [1.82, 2.24) is 5.32 Å². The second-order valence-corrected chi connectivity index (χ2v) is 3.68. The molecule has 1 aliphatic rings. The summed E-state index contributed by atoms with van der Waals surface area (Å²) < 4.78 is 5.17. The Morgan fingerprint density at radius 3 is 2.73 bits per heavy atom. The summed E-state index contributed by atoms with van der Waals surface area (Å²) in [5.74, 6) is -0.494. The highest BCUT2D eigenvalue weighted by molar-refractivity contribution is 6.57. The Labute approximate surface area is 90.2 Å². The van der Waals surface area contributed by atoms with Crippen molar-refractivity contribution in [3.05, 3.63) is 35.9 Å². The van der Waals surface area contributed by atoms with Gasteiger partial charge in [0.25, 0.3) is 0 Å². The van der Waals surface area contributed by atoms with Gasteiger partial charge in [0.1, 0.15) is 6.10 Å². The summed E-state index contributed by atoms with van der Waals surface area (Å²) in [5, 5.41) is 2.70. The van der Waals surface area contributed by atoms with E-state index < -0.39 is 5.81 Å². The molecule has 1 saturated heterocycles. The van der Waals surface area contributed by atoms with E-state index in [1.165, 1.54) is 5.56 Å². The zero-order valence-electron chi connectivity index (χ0n) is 8.35. The lowest BCUT2D eigenvalue weighted by atomic mass is 10.0. The van der Waals surface area contributed by atoms with Crippen LogP contribution in [0.1, 0.15) is 5.56 Å². The number of nitrogens with one attached hydrogen (secondary N) is 1. The predicted molar refractivity (Wildman–Crippen MR) is 58.0 cm³/mol. The predicted octanol–water partition coefficient (Wildman–Crippen LogP) is 0.875. The van der Waals surface area contributed by atoms with Crippen LogP contribution in [0.4, 0.5) is 4.79 Å². The molecule has 1 amide bonds. The lowest BCUT2D eigenvalue weighted by molar-refractivity contribution is 0.251. The summed E-state index contributed by atoms with van der Waals surface area (Å²) in [4.78, 5) is 10.8. The molecule has 1 heterocycles. The van der Waals surface area contributed by atoms with Crippen molar-refractivity contribution in [3.63, 3.8) is 0 Å². The third-order valence-electron chi connectivity index (χ3n) is 2.43. The van der Waals surface area contributed by atoms with Crippen molar-refractivity contribution >= 4 is 13.7 Å². The molecule has 1 fully saturated rings. The average Bonchev–Trinajstić information content (AvgIpc) is 3.01. The fourth-order valence-electron chi connectivity index (χ4n) is 1.61. The first-order valence-electron chi connectivity index (χ1n) is 4.97. The van der Waals surface area contributed by atoms with Gasteiger partial charge in [-0.1, -0.05) is 30.3 Å². The van der Waals surface area contributed by atoms with E-state index in [1.54, 1.807) is 0 Å². The average molecular weight is 201 g/mol. The molecule has 1 aromatic rings. The van der Waals surface area contributed by atoms with Crippen LogP contribution in [0.25, 0.3) is 0 Å². The maximum atomic E-state index is 10.8. The topological polar surface area (TPSA) is 41.6 Å². The molecule has 0 bridgehead atoms. The quantitative estimate of drug-likeness (QED) is 0.580. The number of hydrogen-bond donors (Lipinski definition) is 1. The van der Waals surface area contributed by atoms with Gasteiger partial charge in [-0.05, 0) is 12.0 Å². The highest BCUT2D eigenvalue weighted by Gasteiger charge is 2.33. The Morgan fingerprint density at radius 1 is 1.53 bits per heavy atom. The normalized spacial score (nSPS) is 20.7. The minimum absolute atomic E-state index is 0.00935. The summed E-state index contributed by atoms with van der Waals surface area (Å²) in [6, 6.07) is 9.96. The first kappa shape index (κ1) is 10.2. The van der Waals surface area contributed by atoms with Crippen molar-refractivity contribution in [2.45, 2.75) is 18.6 Å². The molecule has 2 radical (unpaired) electrons. The summed E-state index contributed by atoms with van der Waals surface area (Å²) in [5.41, 5.74) is 1.17. The minimum atomic E-state index is -0.494. The first-order valence-corrected chi connectivity index (χ1v) is 4.97. The van der Waals surface area contributed by atoms with Gasteiger partial charge in [0.05, 0.1) is 12.6 Å². The lowest BCUT2D eigenvalue weighted by Gasteiger charge is -2.15. The van der Waals surface area contributed by atoms with Gasteiger partial charge in [0.15, 0.2) is 5.81 Å². The summed E-state index contributed by atoms with van der Waals surface area (Å²) in [7, 11) is 5.11.